The monoisotopic (exact) mass is 269 g/mol. The normalized spacial score (nSPS) is 21.4. The largest absolute Gasteiger partial charge is 0.345 e. The van der Waals surface area contributed by atoms with Crippen molar-refractivity contribution in [2.24, 2.45) is 0 Å². The predicted molar refractivity (Wildman–Crippen MR) is 76.4 cm³/mol. The topological polar surface area (TPSA) is 64.0 Å². The molecule has 0 fully saturated rings. The summed E-state index contributed by atoms with van der Waals surface area (Å²) in [5, 5.41) is 3.39. The average molecular weight is 269 g/mol. The Hall–Kier alpha value is -2.43. The number of para-hydroxylation sites is 1. The number of amides is 1. The Morgan fingerprint density at radius 2 is 2.15 bits per heavy atom. The van der Waals surface area contributed by atoms with Gasteiger partial charge in [0.25, 0.3) is 5.56 Å². The number of carbonyl (C=O) groups is 1. The summed E-state index contributed by atoms with van der Waals surface area (Å²) in [7, 11) is 0. The second kappa shape index (κ2) is 4.59. The second-order valence-corrected chi connectivity index (χ2v) is 4.93. The van der Waals surface area contributed by atoms with Crippen LogP contribution in [0.2, 0.25) is 0 Å². The van der Waals surface area contributed by atoms with E-state index >= 15 is 0 Å². The van der Waals surface area contributed by atoms with Gasteiger partial charge in [-0.3, -0.25) is 14.2 Å². The van der Waals surface area contributed by atoms with Crippen LogP contribution in [0, 0.1) is 0 Å². The maximum Gasteiger partial charge on any atom is 0.262 e. The van der Waals surface area contributed by atoms with Crippen LogP contribution in [-0.4, -0.2) is 15.5 Å². The first-order chi connectivity index (χ1) is 9.63. The molecule has 0 unspecified atom stereocenters. The molecule has 102 valence electrons. The van der Waals surface area contributed by atoms with Gasteiger partial charge < -0.3 is 5.32 Å². The summed E-state index contributed by atoms with van der Waals surface area (Å²) in [6.07, 6.45) is 2.05. The van der Waals surface area contributed by atoms with E-state index in [9.17, 15) is 9.59 Å². The van der Waals surface area contributed by atoms with Crippen molar-refractivity contribution in [3.63, 3.8) is 0 Å². The van der Waals surface area contributed by atoms with E-state index in [1.165, 1.54) is 4.57 Å². The second-order valence-electron chi connectivity index (χ2n) is 4.93. The summed E-state index contributed by atoms with van der Waals surface area (Å²) in [6, 6.07) is 6.35. The van der Waals surface area contributed by atoms with E-state index < -0.39 is 6.04 Å². The van der Waals surface area contributed by atoms with Gasteiger partial charge in [0.15, 0.2) is 0 Å². The molecule has 1 amide bonds. The number of benzene rings is 1. The Balaban J connectivity index is 2.36. The Bertz CT molecular complexity index is 763. The molecule has 0 radical (unpaired) electrons. The van der Waals surface area contributed by atoms with Gasteiger partial charge in [-0.25, -0.2) is 4.98 Å². The molecule has 2 aromatic rings. The van der Waals surface area contributed by atoms with Gasteiger partial charge in [-0.2, -0.15) is 0 Å². The Morgan fingerprint density at radius 3 is 2.90 bits per heavy atom. The van der Waals surface area contributed by atoms with Crippen molar-refractivity contribution in [1.29, 1.82) is 0 Å². The SMILES string of the molecule is C=CC[C@@H]1C(=O)N[C@@H](C)c2nc3ccccc3c(=O)n21. The highest BCUT2D eigenvalue weighted by molar-refractivity contribution is 5.84. The van der Waals surface area contributed by atoms with E-state index in [0.717, 1.165) is 0 Å². The van der Waals surface area contributed by atoms with Crippen molar-refractivity contribution in [2.45, 2.75) is 25.4 Å². The molecule has 20 heavy (non-hydrogen) atoms. The number of hydrogen-bond donors (Lipinski definition) is 1. The molecule has 1 aromatic carbocycles. The minimum Gasteiger partial charge on any atom is -0.345 e. The summed E-state index contributed by atoms with van der Waals surface area (Å²) in [5.41, 5.74) is 0.489. The molecule has 0 aliphatic carbocycles. The van der Waals surface area contributed by atoms with Gasteiger partial charge in [-0.15, -0.1) is 6.58 Å². The minimum atomic E-state index is -0.566. The summed E-state index contributed by atoms with van der Waals surface area (Å²) >= 11 is 0. The highest BCUT2D eigenvalue weighted by atomic mass is 16.2. The van der Waals surface area contributed by atoms with E-state index in [4.69, 9.17) is 0 Å². The van der Waals surface area contributed by atoms with E-state index in [1.807, 2.05) is 19.1 Å². The number of fused-ring (bicyclic) bond motifs is 2. The molecule has 1 aromatic heterocycles. The lowest BCUT2D eigenvalue weighted by atomic mass is 10.1. The van der Waals surface area contributed by atoms with Gasteiger partial charge in [-0.1, -0.05) is 18.2 Å². The van der Waals surface area contributed by atoms with Gasteiger partial charge in [0.1, 0.15) is 11.9 Å². The molecule has 0 bridgehead atoms. The number of nitrogens with one attached hydrogen (secondary N) is 1. The van der Waals surface area contributed by atoms with Crippen LogP contribution >= 0.6 is 0 Å². The molecule has 1 aliphatic heterocycles. The fourth-order valence-corrected chi connectivity index (χ4v) is 2.63. The molecule has 0 saturated heterocycles. The molecule has 1 aliphatic rings. The molecule has 2 heterocycles. The van der Waals surface area contributed by atoms with Gasteiger partial charge in [-0.05, 0) is 25.5 Å². The zero-order chi connectivity index (χ0) is 14.3. The highest BCUT2D eigenvalue weighted by Crippen LogP contribution is 2.24. The number of aromatic nitrogens is 2. The zero-order valence-corrected chi connectivity index (χ0v) is 11.2. The number of rotatable bonds is 2. The van der Waals surface area contributed by atoms with Gasteiger partial charge in [0, 0.05) is 0 Å². The van der Waals surface area contributed by atoms with Crippen LogP contribution in [0.3, 0.4) is 0 Å². The summed E-state index contributed by atoms with van der Waals surface area (Å²) in [6.45, 7) is 5.49. The van der Waals surface area contributed by atoms with Crippen LogP contribution in [0.15, 0.2) is 41.7 Å². The minimum absolute atomic E-state index is 0.163. The molecule has 0 saturated carbocycles. The lowest BCUT2D eigenvalue weighted by Gasteiger charge is -2.30. The number of carbonyl (C=O) groups excluding carboxylic acids is 1. The fraction of sp³-hybridized carbons (Fsp3) is 0.267. The van der Waals surface area contributed by atoms with Gasteiger partial charge in [0.05, 0.1) is 16.9 Å². The summed E-state index contributed by atoms with van der Waals surface area (Å²) < 4.78 is 1.51. The number of hydrogen-bond acceptors (Lipinski definition) is 3. The van der Waals surface area contributed by atoms with Crippen molar-refractivity contribution >= 4 is 16.8 Å². The maximum absolute atomic E-state index is 12.7. The van der Waals surface area contributed by atoms with Crippen LogP contribution < -0.4 is 10.9 Å². The third kappa shape index (κ3) is 1.74. The van der Waals surface area contributed by atoms with Crippen molar-refractivity contribution in [1.82, 2.24) is 14.9 Å². The Kier molecular flexibility index (Phi) is 2.89. The molecular formula is C15H15N3O2. The Labute approximate surface area is 115 Å². The highest BCUT2D eigenvalue weighted by Gasteiger charge is 2.32. The van der Waals surface area contributed by atoms with E-state index in [2.05, 4.69) is 16.9 Å². The van der Waals surface area contributed by atoms with Crippen molar-refractivity contribution < 1.29 is 4.79 Å². The van der Waals surface area contributed by atoms with E-state index in [1.54, 1.807) is 18.2 Å². The lowest BCUT2D eigenvalue weighted by Crippen LogP contribution is -2.46. The van der Waals surface area contributed by atoms with Gasteiger partial charge >= 0.3 is 0 Å². The Morgan fingerprint density at radius 1 is 1.40 bits per heavy atom. The van der Waals surface area contributed by atoms with Crippen molar-refractivity contribution in [2.75, 3.05) is 0 Å². The third-order valence-electron chi connectivity index (χ3n) is 3.59. The fourth-order valence-electron chi connectivity index (χ4n) is 2.63. The molecule has 5 nitrogen and oxygen atoms in total. The maximum atomic E-state index is 12.7. The molecule has 5 heteroatoms. The number of allylic oxidation sites excluding steroid dienone is 1. The molecule has 2 atom stereocenters. The smallest absolute Gasteiger partial charge is 0.262 e. The third-order valence-corrected chi connectivity index (χ3v) is 3.59. The molecule has 1 N–H and O–H groups in total. The van der Waals surface area contributed by atoms with Crippen molar-refractivity contribution in [3.05, 3.63) is 53.1 Å². The average Bonchev–Trinajstić information content (AvgIpc) is 2.44. The zero-order valence-electron chi connectivity index (χ0n) is 11.2. The van der Waals surface area contributed by atoms with E-state index in [0.29, 0.717) is 23.1 Å². The van der Waals surface area contributed by atoms with Crippen LogP contribution in [0.4, 0.5) is 0 Å². The van der Waals surface area contributed by atoms with Crippen LogP contribution in [0.1, 0.15) is 31.3 Å². The summed E-state index contributed by atoms with van der Waals surface area (Å²) in [5.74, 6) is 0.434. The van der Waals surface area contributed by atoms with Gasteiger partial charge in [0.2, 0.25) is 5.91 Å². The van der Waals surface area contributed by atoms with Crippen LogP contribution in [0.25, 0.3) is 10.9 Å². The molecule has 3 rings (SSSR count). The quantitative estimate of drug-likeness (QED) is 0.844. The lowest BCUT2D eigenvalue weighted by molar-refractivity contribution is -0.126. The van der Waals surface area contributed by atoms with Crippen LogP contribution in [-0.2, 0) is 4.79 Å². The predicted octanol–water partition coefficient (Wildman–Crippen LogP) is 1.70. The van der Waals surface area contributed by atoms with Crippen LogP contribution in [0.5, 0.6) is 0 Å². The van der Waals surface area contributed by atoms with Crippen molar-refractivity contribution in [3.8, 4) is 0 Å². The standard InChI is InChI=1S/C15H15N3O2/c1-3-6-12-14(19)16-9(2)13-17-11-8-5-4-7-10(11)15(20)18(12)13/h3-5,7-9,12H,1,6H2,2H3,(H,16,19)/t9-,12+/m0/s1. The summed E-state index contributed by atoms with van der Waals surface area (Å²) in [4.78, 5) is 29.3. The molecular weight excluding hydrogens is 254 g/mol. The first-order valence-corrected chi connectivity index (χ1v) is 6.56. The number of nitrogens with zero attached hydrogens (tertiary/aromatic N) is 2. The van der Waals surface area contributed by atoms with E-state index in [-0.39, 0.29) is 17.5 Å². The first kappa shape index (κ1) is 12.6. The first-order valence-electron chi connectivity index (χ1n) is 6.56. The molecule has 0 spiro atoms.